The van der Waals surface area contributed by atoms with Gasteiger partial charge >= 0.3 is 0 Å². The largest absolute Gasteiger partial charge is 0.376 e. The molecule has 1 aromatic carbocycles. The lowest BCUT2D eigenvalue weighted by atomic mass is 9.87. The Balaban J connectivity index is 2.34. The third-order valence-corrected chi connectivity index (χ3v) is 4.40. The molecule has 2 rings (SSSR count). The zero-order valence-electron chi connectivity index (χ0n) is 12.1. The molecule has 0 aromatic heterocycles. The Morgan fingerprint density at radius 1 is 1.32 bits per heavy atom. The molecule has 1 unspecified atom stereocenters. The molecule has 104 valence electrons. The lowest BCUT2D eigenvalue weighted by Gasteiger charge is -2.28. The number of nitro groups is 1. The Morgan fingerprint density at radius 2 is 1.95 bits per heavy atom. The number of hydrogen-bond acceptors (Lipinski definition) is 3. The molecule has 4 heteroatoms. The van der Waals surface area contributed by atoms with Gasteiger partial charge in [0.1, 0.15) is 5.69 Å². The lowest BCUT2D eigenvalue weighted by molar-refractivity contribution is -0.384. The molecule has 1 aliphatic carbocycles. The minimum absolute atomic E-state index is 0.186. The van der Waals surface area contributed by atoms with Gasteiger partial charge in [0.25, 0.3) is 5.69 Å². The van der Waals surface area contributed by atoms with Crippen LogP contribution in [0.5, 0.6) is 0 Å². The maximum atomic E-state index is 11.2. The van der Waals surface area contributed by atoms with Crippen LogP contribution in [0.1, 0.15) is 44.2 Å². The van der Waals surface area contributed by atoms with Crippen molar-refractivity contribution in [3.8, 4) is 0 Å². The van der Waals surface area contributed by atoms with Crippen molar-refractivity contribution in [1.29, 1.82) is 0 Å². The Labute approximate surface area is 114 Å². The molecule has 0 saturated heterocycles. The van der Waals surface area contributed by atoms with E-state index in [-0.39, 0.29) is 16.0 Å². The van der Waals surface area contributed by atoms with E-state index in [2.05, 4.69) is 19.2 Å². The number of hydrogen-bond donors (Lipinski definition) is 1. The highest BCUT2D eigenvalue weighted by atomic mass is 16.6. The Morgan fingerprint density at radius 3 is 2.47 bits per heavy atom. The average Bonchev–Trinajstić information content (AvgIpc) is 2.63. The number of anilines is 1. The monoisotopic (exact) mass is 262 g/mol. The molecule has 1 saturated carbocycles. The quantitative estimate of drug-likeness (QED) is 0.656. The summed E-state index contributed by atoms with van der Waals surface area (Å²) in [4.78, 5) is 10.9. The van der Waals surface area contributed by atoms with Crippen molar-refractivity contribution in [3.05, 3.63) is 33.4 Å². The van der Waals surface area contributed by atoms with Crippen LogP contribution in [0.2, 0.25) is 0 Å². The molecule has 1 fully saturated rings. The third kappa shape index (κ3) is 2.72. The van der Waals surface area contributed by atoms with E-state index in [9.17, 15) is 10.1 Å². The number of nitro benzene ring substituents is 1. The van der Waals surface area contributed by atoms with E-state index in [0.717, 1.165) is 17.5 Å². The van der Waals surface area contributed by atoms with E-state index in [4.69, 9.17) is 0 Å². The van der Waals surface area contributed by atoms with Crippen molar-refractivity contribution in [2.24, 2.45) is 5.41 Å². The lowest BCUT2D eigenvalue weighted by Crippen LogP contribution is -2.31. The molecule has 0 aliphatic heterocycles. The zero-order valence-corrected chi connectivity index (χ0v) is 12.1. The predicted molar refractivity (Wildman–Crippen MR) is 77.6 cm³/mol. The molecule has 0 spiro atoms. The number of nitrogens with one attached hydrogen (secondary N) is 1. The molecule has 1 aliphatic rings. The first-order valence-corrected chi connectivity index (χ1v) is 6.83. The molecule has 0 heterocycles. The van der Waals surface area contributed by atoms with E-state index in [0.29, 0.717) is 11.7 Å². The van der Waals surface area contributed by atoms with Crippen molar-refractivity contribution >= 4 is 11.4 Å². The van der Waals surface area contributed by atoms with Crippen LogP contribution in [0.3, 0.4) is 0 Å². The van der Waals surface area contributed by atoms with Gasteiger partial charge in [-0.3, -0.25) is 10.1 Å². The fourth-order valence-electron chi connectivity index (χ4n) is 2.85. The summed E-state index contributed by atoms with van der Waals surface area (Å²) in [5.41, 5.74) is 3.10. The summed E-state index contributed by atoms with van der Waals surface area (Å²) in [6, 6.07) is 3.88. The highest BCUT2D eigenvalue weighted by Gasteiger charge is 2.35. The summed E-state index contributed by atoms with van der Waals surface area (Å²) < 4.78 is 0. The second kappa shape index (κ2) is 4.83. The minimum Gasteiger partial charge on any atom is -0.376 e. The maximum Gasteiger partial charge on any atom is 0.292 e. The third-order valence-electron chi connectivity index (χ3n) is 4.40. The van der Waals surface area contributed by atoms with Crippen molar-refractivity contribution in [2.75, 3.05) is 5.32 Å². The first-order valence-electron chi connectivity index (χ1n) is 6.83. The summed E-state index contributed by atoms with van der Waals surface area (Å²) >= 11 is 0. The van der Waals surface area contributed by atoms with Crippen LogP contribution in [0.25, 0.3) is 0 Å². The van der Waals surface area contributed by atoms with Crippen molar-refractivity contribution in [2.45, 2.75) is 53.0 Å². The molecule has 0 amide bonds. The molecular weight excluding hydrogens is 240 g/mol. The van der Waals surface area contributed by atoms with Crippen molar-refractivity contribution in [3.63, 3.8) is 0 Å². The summed E-state index contributed by atoms with van der Waals surface area (Å²) in [7, 11) is 0. The predicted octanol–water partition coefficient (Wildman–Crippen LogP) is 4.20. The number of nitrogens with zero attached hydrogens (tertiary/aromatic N) is 1. The number of benzene rings is 1. The number of rotatable bonds is 3. The summed E-state index contributed by atoms with van der Waals surface area (Å²) in [5.74, 6) is 0. The first kappa shape index (κ1) is 13.8. The van der Waals surface area contributed by atoms with Gasteiger partial charge in [-0.25, -0.2) is 0 Å². The van der Waals surface area contributed by atoms with E-state index in [1.807, 2.05) is 19.9 Å². The van der Waals surface area contributed by atoms with Crippen LogP contribution in [-0.2, 0) is 0 Å². The van der Waals surface area contributed by atoms with Gasteiger partial charge < -0.3 is 5.32 Å². The van der Waals surface area contributed by atoms with Crippen LogP contribution in [0.15, 0.2) is 12.1 Å². The fraction of sp³-hybridized carbons (Fsp3) is 0.600. The van der Waals surface area contributed by atoms with Crippen molar-refractivity contribution < 1.29 is 4.92 Å². The second-order valence-electron chi connectivity index (χ2n) is 6.29. The molecular formula is C15H22N2O2. The van der Waals surface area contributed by atoms with Crippen LogP contribution in [-0.4, -0.2) is 11.0 Å². The Hall–Kier alpha value is -1.58. The summed E-state index contributed by atoms with van der Waals surface area (Å²) in [6.07, 6.45) is 3.43. The second-order valence-corrected chi connectivity index (χ2v) is 6.29. The van der Waals surface area contributed by atoms with Crippen molar-refractivity contribution in [1.82, 2.24) is 0 Å². The molecule has 1 aromatic rings. The van der Waals surface area contributed by atoms with Gasteiger partial charge in [0, 0.05) is 12.1 Å². The standard InChI is InChI=1S/C15H22N2O2/c1-10-8-12(13(17(18)19)9-11(10)2)16-14-6-5-7-15(14,3)4/h8-9,14,16H,5-7H2,1-4H3. The summed E-state index contributed by atoms with van der Waals surface area (Å²) in [5, 5.41) is 14.6. The van der Waals surface area contributed by atoms with Gasteiger partial charge in [0.05, 0.1) is 4.92 Å². The van der Waals surface area contributed by atoms with Crippen LogP contribution >= 0.6 is 0 Å². The zero-order chi connectivity index (χ0) is 14.2. The SMILES string of the molecule is Cc1cc(NC2CCCC2(C)C)c([N+](=O)[O-])cc1C. The smallest absolute Gasteiger partial charge is 0.292 e. The minimum atomic E-state index is -0.295. The van der Waals surface area contributed by atoms with E-state index in [1.54, 1.807) is 6.07 Å². The van der Waals surface area contributed by atoms with Gasteiger partial charge in [-0.2, -0.15) is 0 Å². The van der Waals surface area contributed by atoms with E-state index >= 15 is 0 Å². The van der Waals surface area contributed by atoms with Gasteiger partial charge in [-0.05, 0) is 49.3 Å². The Kier molecular flexibility index (Phi) is 3.52. The topological polar surface area (TPSA) is 55.2 Å². The highest BCUT2D eigenvalue weighted by molar-refractivity contribution is 5.65. The normalized spacial score (nSPS) is 21.4. The maximum absolute atomic E-state index is 11.2. The molecule has 0 radical (unpaired) electrons. The van der Waals surface area contributed by atoms with Gasteiger partial charge in [-0.15, -0.1) is 0 Å². The van der Waals surface area contributed by atoms with Gasteiger partial charge in [0.2, 0.25) is 0 Å². The molecule has 0 bridgehead atoms. The molecule has 1 atom stereocenters. The fourth-order valence-corrected chi connectivity index (χ4v) is 2.85. The molecule has 4 nitrogen and oxygen atoms in total. The van der Waals surface area contributed by atoms with Crippen LogP contribution in [0, 0.1) is 29.4 Å². The molecule has 1 N–H and O–H groups in total. The highest BCUT2D eigenvalue weighted by Crippen LogP contribution is 2.40. The van der Waals surface area contributed by atoms with Gasteiger partial charge in [0.15, 0.2) is 0 Å². The average molecular weight is 262 g/mol. The van der Waals surface area contributed by atoms with Gasteiger partial charge in [-0.1, -0.05) is 20.3 Å². The van der Waals surface area contributed by atoms with Crippen LogP contribution < -0.4 is 5.32 Å². The van der Waals surface area contributed by atoms with Crippen LogP contribution in [0.4, 0.5) is 11.4 Å². The Bertz CT molecular complexity index is 509. The first-order chi connectivity index (χ1) is 8.81. The number of aryl methyl sites for hydroxylation is 2. The van der Waals surface area contributed by atoms with E-state index < -0.39 is 0 Å². The summed E-state index contributed by atoms with van der Waals surface area (Å²) in [6.45, 7) is 8.35. The van der Waals surface area contributed by atoms with E-state index in [1.165, 1.54) is 12.8 Å². The molecule has 19 heavy (non-hydrogen) atoms.